The molecule has 0 amide bonds. The third-order valence-electron chi connectivity index (χ3n) is 2.41. The Morgan fingerprint density at radius 1 is 1.24 bits per heavy atom. The molecule has 3 N–H and O–H groups in total. The highest BCUT2D eigenvalue weighted by molar-refractivity contribution is 7.89. The lowest BCUT2D eigenvalue weighted by atomic mass is 10.1. The molecule has 0 radical (unpaired) electrons. The van der Waals surface area contributed by atoms with Gasteiger partial charge in [-0.25, -0.2) is 13.1 Å². The lowest BCUT2D eigenvalue weighted by molar-refractivity contribution is 0.519. The van der Waals surface area contributed by atoms with Crippen molar-refractivity contribution in [3.8, 4) is 0 Å². The number of aryl methyl sites for hydroxylation is 1. The van der Waals surface area contributed by atoms with Crippen LogP contribution in [0.1, 0.15) is 25.8 Å². The SMILES string of the molecule is Cc1ccc(S(=O)(=O)NC(C)CC(C)N)cc1. The standard InChI is InChI=1S/C12H20N2O2S/c1-9-4-6-12(7-5-9)17(15,16)14-11(3)8-10(2)13/h4-7,10-11,14H,8,13H2,1-3H3. The largest absolute Gasteiger partial charge is 0.328 e. The molecule has 2 unspecified atom stereocenters. The summed E-state index contributed by atoms with van der Waals surface area (Å²) < 4.78 is 26.6. The van der Waals surface area contributed by atoms with Gasteiger partial charge in [-0.05, 0) is 39.3 Å². The molecule has 1 rings (SSSR count). The van der Waals surface area contributed by atoms with E-state index in [9.17, 15) is 8.42 Å². The first kappa shape index (κ1) is 14.2. The fourth-order valence-electron chi connectivity index (χ4n) is 1.66. The molecular formula is C12H20N2O2S. The number of benzene rings is 1. The van der Waals surface area contributed by atoms with Crippen molar-refractivity contribution in [3.05, 3.63) is 29.8 Å². The molecule has 17 heavy (non-hydrogen) atoms. The first-order chi connectivity index (χ1) is 7.81. The van der Waals surface area contributed by atoms with E-state index in [0.717, 1.165) is 5.56 Å². The molecule has 0 aromatic heterocycles. The fourth-order valence-corrected chi connectivity index (χ4v) is 2.91. The minimum absolute atomic E-state index is 0.0225. The van der Waals surface area contributed by atoms with Gasteiger partial charge in [0.05, 0.1) is 4.90 Å². The molecule has 0 bridgehead atoms. The predicted molar refractivity (Wildman–Crippen MR) is 69.2 cm³/mol. The molecule has 1 aromatic carbocycles. The summed E-state index contributed by atoms with van der Waals surface area (Å²) in [6, 6.07) is 6.59. The van der Waals surface area contributed by atoms with Gasteiger partial charge in [-0.15, -0.1) is 0 Å². The van der Waals surface area contributed by atoms with Crippen LogP contribution in [0.3, 0.4) is 0 Å². The number of nitrogens with one attached hydrogen (secondary N) is 1. The summed E-state index contributed by atoms with van der Waals surface area (Å²) in [5.74, 6) is 0. The maximum absolute atomic E-state index is 12.0. The van der Waals surface area contributed by atoms with Gasteiger partial charge >= 0.3 is 0 Å². The zero-order chi connectivity index (χ0) is 13.1. The molecule has 0 spiro atoms. The van der Waals surface area contributed by atoms with E-state index < -0.39 is 10.0 Å². The monoisotopic (exact) mass is 256 g/mol. The predicted octanol–water partition coefficient (Wildman–Crippen LogP) is 1.40. The summed E-state index contributed by atoms with van der Waals surface area (Å²) in [7, 11) is -3.43. The Kier molecular flexibility index (Phi) is 4.68. The lowest BCUT2D eigenvalue weighted by Gasteiger charge is -2.16. The molecule has 0 aliphatic carbocycles. The summed E-state index contributed by atoms with van der Waals surface area (Å²) in [6.45, 7) is 5.59. The second-order valence-corrected chi connectivity index (χ2v) is 6.26. The molecule has 0 fully saturated rings. The first-order valence-electron chi connectivity index (χ1n) is 5.66. The highest BCUT2D eigenvalue weighted by atomic mass is 32.2. The molecule has 1 aromatic rings. The van der Waals surface area contributed by atoms with Crippen LogP contribution in [0.25, 0.3) is 0 Å². The van der Waals surface area contributed by atoms with Gasteiger partial charge in [-0.2, -0.15) is 0 Å². The topological polar surface area (TPSA) is 72.2 Å². The molecule has 96 valence electrons. The molecule has 0 saturated carbocycles. The third-order valence-corrected chi connectivity index (χ3v) is 4.02. The Balaban J connectivity index is 2.78. The maximum Gasteiger partial charge on any atom is 0.240 e. The quantitative estimate of drug-likeness (QED) is 0.836. The Labute approximate surface area is 103 Å². The van der Waals surface area contributed by atoms with Crippen LogP contribution in [0, 0.1) is 6.92 Å². The zero-order valence-electron chi connectivity index (χ0n) is 10.5. The van der Waals surface area contributed by atoms with E-state index in [1.807, 2.05) is 20.8 Å². The van der Waals surface area contributed by atoms with E-state index >= 15 is 0 Å². The van der Waals surface area contributed by atoms with E-state index in [1.54, 1.807) is 24.3 Å². The Hall–Kier alpha value is -0.910. The van der Waals surface area contributed by atoms with Crippen molar-refractivity contribution in [2.45, 2.75) is 44.2 Å². The van der Waals surface area contributed by atoms with Crippen molar-refractivity contribution in [2.75, 3.05) is 0 Å². The van der Waals surface area contributed by atoms with E-state index in [-0.39, 0.29) is 12.1 Å². The molecule has 0 saturated heterocycles. The van der Waals surface area contributed by atoms with Gasteiger partial charge < -0.3 is 5.73 Å². The molecule has 0 aliphatic heterocycles. The van der Waals surface area contributed by atoms with Gasteiger partial charge in [-0.1, -0.05) is 17.7 Å². The number of hydrogen-bond donors (Lipinski definition) is 2. The Morgan fingerprint density at radius 3 is 2.24 bits per heavy atom. The van der Waals surface area contributed by atoms with Gasteiger partial charge in [0.25, 0.3) is 0 Å². The Bertz CT molecular complexity index is 452. The van der Waals surface area contributed by atoms with Crippen LogP contribution in [0.5, 0.6) is 0 Å². The molecule has 2 atom stereocenters. The van der Waals surface area contributed by atoms with Crippen molar-refractivity contribution in [1.29, 1.82) is 0 Å². The highest BCUT2D eigenvalue weighted by Gasteiger charge is 2.17. The van der Waals surface area contributed by atoms with Crippen molar-refractivity contribution >= 4 is 10.0 Å². The second kappa shape index (κ2) is 5.62. The van der Waals surface area contributed by atoms with Crippen LogP contribution >= 0.6 is 0 Å². The van der Waals surface area contributed by atoms with Crippen LogP contribution in [-0.2, 0) is 10.0 Å². The summed E-state index contributed by atoms with van der Waals surface area (Å²) >= 11 is 0. The van der Waals surface area contributed by atoms with Crippen LogP contribution < -0.4 is 10.5 Å². The average Bonchev–Trinajstić information content (AvgIpc) is 2.15. The van der Waals surface area contributed by atoms with E-state index in [2.05, 4.69) is 4.72 Å². The second-order valence-electron chi connectivity index (χ2n) is 4.55. The summed E-state index contributed by atoms with van der Waals surface area (Å²) in [5, 5.41) is 0. The normalized spacial score (nSPS) is 15.5. The van der Waals surface area contributed by atoms with Crippen molar-refractivity contribution < 1.29 is 8.42 Å². The van der Waals surface area contributed by atoms with Gasteiger partial charge in [0.15, 0.2) is 0 Å². The number of hydrogen-bond acceptors (Lipinski definition) is 3. The average molecular weight is 256 g/mol. The number of sulfonamides is 1. The van der Waals surface area contributed by atoms with Gasteiger partial charge in [0.1, 0.15) is 0 Å². The molecule has 0 aliphatic rings. The number of nitrogens with two attached hydrogens (primary N) is 1. The zero-order valence-corrected chi connectivity index (χ0v) is 11.3. The third kappa shape index (κ3) is 4.46. The molecule has 4 nitrogen and oxygen atoms in total. The Morgan fingerprint density at radius 2 is 1.76 bits per heavy atom. The molecule has 5 heteroatoms. The fraction of sp³-hybridized carbons (Fsp3) is 0.500. The van der Waals surface area contributed by atoms with E-state index in [1.165, 1.54) is 0 Å². The maximum atomic E-state index is 12.0. The number of rotatable bonds is 5. The van der Waals surface area contributed by atoms with Crippen LogP contribution in [-0.4, -0.2) is 20.5 Å². The molecule has 0 heterocycles. The summed E-state index contributed by atoms with van der Waals surface area (Å²) in [5.41, 5.74) is 6.67. The van der Waals surface area contributed by atoms with Crippen molar-refractivity contribution in [1.82, 2.24) is 4.72 Å². The van der Waals surface area contributed by atoms with Crippen LogP contribution in [0.15, 0.2) is 29.2 Å². The van der Waals surface area contributed by atoms with Crippen molar-refractivity contribution in [2.24, 2.45) is 5.73 Å². The van der Waals surface area contributed by atoms with Crippen LogP contribution in [0.4, 0.5) is 0 Å². The lowest BCUT2D eigenvalue weighted by Crippen LogP contribution is -2.36. The smallest absolute Gasteiger partial charge is 0.240 e. The van der Waals surface area contributed by atoms with Crippen molar-refractivity contribution in [3.63, 3.8) is 0 Å². The minimum atomic E-state index is -3.43. The minimum Gasteiger partial charge on any atom is -0.328 e. The van der Waals surface area contributed by atoms with Crippen LogP contribution in [0.2, 0.25) is 0 Å². The summed E-state index contributed by atoms with van der Waals surface area (Å²) in [6.07, 6.45) is 0.616. The highest BCUT2D eigenvalue weighted by Crippen LogP contribution is 2.11. The first-order valence-corrected chi connectivity index (χ1v) is 7.14. The van der Waals surface area contributed by atoms with Gasteiger partial charge in [-0.3, -0.25) is 0 Å². The van der Waals surface area contributed by atoms with Gasteiger partial charge in [0, 0.05) is 12.1 Å². The molecular weight excluding hydrogens is 236 g/mol. The van der Waals surface area contributed by atoms with Gasteiger partial charge in [0.2, 0.25) is 10.0 Å². The van der Waals surface area contributed by atoms with E-state index in [0.29, 0.717) is 11.3 Å². The summed E-state index contributed by atoms with van der Waals surface area (Å²) in [4.78, 5) is 0.291. The van der Waals surface area contributed by atoms with E-state index in [4.69, 9.17) is 5.73 Å².